The minimum atomic E-state index is -0.570. The van der Waals surface area contributed by atoms with Crippen LogP contribution >= 0.6 is 0 Å². The molecule has 0 saturated carbocycles. The molecule has 0 spiro atoms. The van der Waals surface area contributed by atoms with Gasteiger partial charge in [-0.25, -0.2) is 0 Å². The standard InChI is InChI=1S/C10H21N3O/c1-3-12-10(2,9(11)14)8-13-6-4-5-7-13/h12H,3-8H2,1-2H3,(H2,11,14). The highest BCUT2D eigenvalue weighted by atomic mass is 16.1. The van der Waals surface area contributed by atoms with E-state index in [1.807, 2.05) is 13.8 Å². The molecule has 0 aliphatic carbocycles. The van der Waals surface area contributed by atoms with Gasteiger partial charge in [-0.3, -0.25) is 4.79 Å². The van der Waals surface area contributed by atoms with E-state index in [0.29, 0.717) is 0 Å². The van der Waals surface area contributed by atoms with Crippen LogP contribution in [0.2, 0.25) is 0 Å². The summed E-state index contributed by atoms with van der Waals surface area (Å²) in [5, 5.41) is 3.17. The molecule has 1 unspecified atom stereocenters. The van der Waals surface area contributed by atoms with Crippen molar-refractivity contribution in [3.05, 3.63) is 0 Å². The lowest BCUT2D eigenvalue weighted by atomic mass is 10.0. The van der Waals surface area contributed by atoms with E-state index in [-0.39, 0.29) is 5.91 Å². The molecule has 1 heterocycles. The van der Waals surface area contributed by atoms with Gasteiger partial charge in [0, 0.05) is 6.54 Å². The maximum absolute atomic E-state index is 11.3. The van der Waals surface area contributed by atoms with Crippen molar-refractivity contribution in [2.45, 2.75) is 32.2 Å². The lowest BCUT2D eigenvalue weighted by molar-refractivity contribution is -0.124. The van der Waals surface area contributed by atoms with Gasteiger partial charge < -0.3 is 16.0 Å². The van der Waals surface area contributed by atoms with Gasteiger partial charge in [0.05, 0.1) is 0 Å². The van der Waals surface area contributed by atoms with E-state index >= 15 is 0 Å². The second-order valence-electron chi connectivity index (χ2n) is 4.21. The molecular weight excluding hydrogens is 178 g/mol. The van der Waals surface area contributed by atoms with Crippen LogP contribution in [0.4, 0.5) is 0 Å². The third-order valence-electron chi connectivity index (χ3n) is 2.85. The van der Waals surface area contributed by atoms with Crippen LogP contribution in [0.5, 0.6) is 0 Å². The van der Waals surface area contributed by atoms with Gasteiger partial charge in [0.25, 0.3) is 0 Å². The van der Waals surface area contributed by atoms with Gasteiger partial charge in [-0.15, -0.1) is 0 Å². The Balaban J connectivity index is 2.53. The minimum absolute atomic E-state index is 0.258. The SMILES string of the molecule is CCNC(C)(CN1CCCC1)C(N)=O. The summed E-state index contributed by atoms with van der Waals surface area (Å²) < 4.78 is 0. The van der Waals surface area contributed by atoms with E-state index < -0.39 is 5.54 Å². The molecule has 1 aliphatic rings. The fourth-order valence-corrected chi connectivity index (χ4v) is 2.00. The van der Waals surface area contributed by atoms with Crippen LogP contribution in [0.25, 0.3) is 0 Å². The first-order valence-electron chi connectivity index (χ1n) is 5.36. The Labute approximate surface area is 85.8 Å². The fraction of sp³-hybridized carbons (Fsp3) is 0.900. The highest BCUT2D eigenvalue weighted by Gasteiger charge is 2.32. The van der Waals surface area contributed by atoms with E-state index in [9.17, 15) is 4.79 Å². The van der Waals surface area contributed by atoms with Gasteiger partial charge in [0.1, 0.15) is 5.54 Å². The first kappa shape index (κ1) is 11.5. The largest absolute Gasteiger partial charge is 0.368 e. The van der Waals surface area contributed by atoms with E-state index in [0.717, 1.165) is 26.2 Å². The topological polar surface area (TPSA) is 58.4 Å². The number of nitrogens with one attached hydrogen (secondary N) is 1. The van der Waals surface area contributed by atoms with E-state index in [1.165, 1.54) is 12.8 Å². The van der Waals surface area contributed by atoms with Crippen molar-refractivity contribution in [2.24, 2.45) is 5.73 Å². The number of nitrogens with two attached hydrogens (primary N) is 1. The van der Waals surface area contributed by atoms with Crippen LogP contribution in [0.1, 0.15) is 26.7 Å². The van der Waals surface area contributed by atoms with Crippen LogP contribution in [-0.2, 0) is 4.79 Å². The third-order valence-corrected chi connectivity index (χ3v) is 2.85. The Kier molecular flexibility index (Phi) is 3.89. The Hall–Kier alpha value is -0.610. The molecule has 1 atom stereocenters. The molecule has 1 aliphatic heterocycles. The highest BCUT2D eigenvalue weighted by Crippen LogP contribution is 2.12. The zero-order chi connectivity index (χ0) is 10.6. The van der Waals surface area contributed by atoms with Crippen molar-refractivity contribution >= 4 is 5.91 Å². The molecule has 14 heavy (non-hydrogen) atoms. The maximum Gasteiger partial charge on any atom is 0.238 e. The van der Waals surface area contributed by atoms with Crippen molar-refractivity contribution in [1.29, 1.82) is 0 Å². The Morgan fingerprint density at radius 1 is 1.50 bits per heavy atom. The van der Waals surface area contributed by atoms with Crippen molar-refractivity contribution < 1.29 is 4.79 Å². The molecule has 0 bridgehead atoms. The lowest BCUT2D eigenvalue weighted by Crippen LogP contribution is -2.59. The summed E-state index contributed by atoms with van der Waals surface area (Å²) >= 11 is 0. The Morgan fingerprint density at radius 2 is 2.07 bits per heavy atom. The quantitative estimate of drug-likeness (QED) is 0.652. The molecule has 0 aromatic heterocycles. The second-order valence-corrected chi connectivity index (χ2v) is 4.21. The molecule has 0 aromatic carbocycles. The smallest absolute Gasteiger partial charge is 0.238 e. The van der Waals surface area contributed by atoms with Crippen LogP contribution < -0.4 is 11.1 Å². The average Bonchev–Trinajstić information content (AvgIpc) is 2.56. The first-order valence-corrected chi connectivity index (χ1v) is 5.36. The van der Waals surface area contributed by atoms with Gasteiger partial charge in [0.15, 0.2) is 0 Å². The number of likely N-dealkylation sites (tertiary alicyclic amines) is 1. The molecule has 4 heteroatoms. The molecule has 4 nitrogen and oxygen atoms in total. The van der Waals surface area contributed by atoms with Crippen LogP contribution in [0.15, 0.2) is 0 Å². The molecule has 0 radical (unpaired) electrons. The summed E-state index contributed by atoms with van der Waals surface area (Å²) in [6.07, 6.45) is 2.47. The monoisotopic (exact) mass is 199 g/mol. The number of carbonyl (C=O) groups excluding carboxylic acids is 1. The van der Waals surface area contributed by atoms with Crippen molar-refractivity contribution in [2.75, 3.05) is 26.2 Å². The van der Waals surface area contributed by atoms with Gasteiger partial charge in [-0.2, -0.15) is 0 Å². The zero-order valence-corrected chi connectivity index (χ0v) is 9.18. The number of amides is 1. The lowest BCUT2D eigenvalue weighted by Gasteiger charge is -2.31. The van der Waals surface area contributed by atoms with E-state index in [1.54, 1.807) is 0 Å². The van der Waals surface area contributed by atoms with Gasteiger partial charge in [-0.1, -0.05) is 6.92 Å². The van der Waals surface area contributed by atoms with Crippen molar-refractivity contribution in [1.82, 2.24) is 10.2 Å². The minimum Gasteiger partial charge on any atom is -0.368 e. The van der Waals surface area contributed by atoms with Crippen molar-refractivity contribution in [3.8, 4) is 0 Å². The Morgan fingerprint density at radius 3 is 2.50 bits per heavy atom. The number of hydrogen-bond donors (Lipinski definition) is 2. The summed E-state index contributed by atoms with van der Waals surface area (Å²) in [6, 6.07) is 0. The summed E-state index contributed by atoms with van der Waals surface area (Å²) in [5.41, 5.74) is 4.84. The maximum atomic E-state index is 11.3. The summed E-state index contributed by atoms with van der Waals surface area (Å²) in [5.74, 6) is -0.258. The normalized spacial score (nSPS) is 22.1. The van der Waals surface area contributed by atoms with Crippen LogP contribution in [0.3, 0.4) is 0 Å². The van der Waals surface area contributed by atoms with Crippen molar-refractivity contribution in [3.63, 3.8) is 0 Å². The molecular formula is C10H21N3O. The number of rotatable bonds is 5. The number of primary amides is 1. The molecule has 3 N–H and O–H groups in total. The number of carbonyl (C=O) groups is 1. The zero-order valence-electron chi connectivity index (χ0n) is 9.18. The predicted molar refractivity (Wildman–Crippen MR) is 57.0 cm³/mol. The average molecular weight is 199 g/mol. The molecule has 1 amide bonds. The van der Waals surface area contributed by atoms with Gasteiger partial charge >= 0.3 is 0 Å². The molecule has 1 saturated heterocycles. The number of hydrogen-bond acceptors (Lipinski definition) is 3. The summed E-state index contributed by atoms with van der Waals surface area (Å²) in [7, 11) is 0. The fourth-order valence-electron chi connectivity index (χ4n) is 2.00. The third kappa shape index (κ3) is 2.69. The van der Waals surface area contributed by atoms with Gasteiger partial charge in [-0.05, 0) is 39.4 Å². The summed E-state index contributed by atoms with van der Waals surface area (Å²) in [6.45, 7) is 7.56. The molecule has 82 valence electrons. The van der Waals surface area contributed by atoms with Crippen LogP contribution in [-0.4, -0.2) is 42.5 Å². The van der Waals surface area contributed by atoms with E-state index in [2.05, 4.69) is 10.2 Å². The van der Waals surface area contributed by atoms with Gasteiger partial charge in [0.2, 0.25) is 5.91 Å². The van der Waals surface area contributed by atoms with Crippen LogP contribution in [0, 0.1) is 0 Å². The predicted octanol–water partition coefficient (Wildman–Crippen LogP) is -0.0643. The molecule has 1 fully saturated rings. The van der Waals surface area contributed by atoms with E-state index in [4.69, 9.17) is 5.73 Å². The number of nitrogens with zero attached hydrogens (tertiary/aromatic N) is 1. The highest BCUT2D eigenvalue weighted by molar-refractivity contribution is 5.84. The summed E-state index contributed by atoms with van der Waals surface area (Å²) in [4.78, 5) is 13.6. The first-order chi connectivity index (χ1) is 6.58. The Bertz CT molecular complexity index is 202. The second kappa shape index (κ2) is 4.75. The molecule has 0 aromatic rings. The molecule has 1 rings (SSSR count). The number of likely N-dealkylation sites (N-methyl/N-ethyl adjacent to an activating group) is 1.